The molecule has 0 spiro atoms. The average molecular weight is 87.0 g/mol. The first-order valence-electron chi connectivity index (χ1n) is 0.383. The van der Waals surface area contributed by atoms with Crippen molar-refractivity contribution in [3.05, 3.63) is 4.91 Å². The van der Waals surface area contributed by atoms with Crippen LogP contribution in [-0.4, -0.2) is 22.6 Å². The molecule has 0 unspecified atom stereocenters. The smallest absolute Gasteiger partial charge is 1.00 e. The summed E-state index contributed by atoms with van der Waals surface area (Å²) in [5.41, 5.74) is 0. The normalized spacial score (nSPS) is 2.40. The topological polar surface area (TPSA) is 49.7 Å². The van der Waals surface area contributed by atoms with Crippen LogP contribution in [0.3, 0.4) is 0 Å². The Kier molecular flexibility index (Phi) is 85.5. The maximum atomic E-state index is 8.11. The van der Waals surface area contributed by atoms with Gasteiger partial charge in [0, 0.05) is 1.43 Å². The predicted molar refractivity (Wildman–Crippen MR) is 20.7 cm³/mol. The number of hydrogen-bond acceptors (Lipinski definition) is 2. The molecule has 0 rings (SSSR count). The van der Waals surface area contributed by atoms with Crippen LogP contribution >= 0.6 is 0 Å². The zero-order chi connectivity index (χ0) is 2.71. The first kappa shape index (κ1) is 17.7. The van der Waals surface area contributed by atoms with Crippen molar-refractivity contribution in [2.75, 3.05) is 0 Å². The SMILES string of the molecule is O=NO.[AlH3].[H-].[HH].[Li+]. The molecule has 0 amide bonds. The molecule has 0 aromatic carbocycles. The second-order valence-corrected chi connectivity index (χ2v) is 0.0816. The predicted octanol–water partition coefficient (Wildman–Crippen LogP) is -3.68. The van der Waals surface area contributed by atoms with Crippen LogP contribution in [0.15, 0.2) is 5.34 Å². The molecule has 5 heavy (non-hydrogen) atoms. The van der Waals surface area contributed by atoms with Crippen LogP contribution in [0.25, 0.3) is 0 Å². The van der Waals surface area contributed by atoms with E-state index < -0.39 is 0 Å². The molecule has 0 aromatic heterocycles. The van der Waals surface area contributed by atoms with Crippen molar-refractivity contribution in [2.24, 2.45) is 5.34 Å². The third kappa shape index (κ3) is 103. The Morgan fingerprint density at radius 3 is 2.00 bits per heavy atom. The van der Waals surface area contributed by atoms with Gasteiger partial charge in [-0.15, -0.1) is 4.91 Å². The minimum absolute atomic E-state index is 0. The van der Waals surface area contributed by atoms with Gasteiger partial charge >= 0.3 is 18.9 Å². The van der Waals surface area contributed by atoms with Crippen molar-refractivity contribution in [2.45, 2.75) is 0 Å². The Hall–Kier alpha value is 0.530. The van der Waals surface area contributed by atoms with E-state index in [1.54, 1.807) is 0 Å². The summed E-state index contributed by atoms with van der Waals surface area (Å²) in [7, 11) is 0. The minimum atomic E-state index is 0. The van der Waals surface area contributed by atoms with E-state index in [0.29, 0.717) is 0 Å². The van der Waals surface area contributed by atoms with Gasteiger partial charge in [0.05, 0.1) is 0 Å². The van der Waals surface area contributed by atoms with E-state index in [1.165, 1.54) is 5.34 Å². The zero-order valence-electron chi connectivity index (χ0n) is 3.30. The second kappa shape index (κ2) is 24.1. The van der Waals surface area contributed by atoms with E-state index in [-0.39, 0.29) is 39.1 Å². The standard InChI is InChI=1S/Al.Li.HNO2.H2.4H/c;;2-1-3;;;;;/h;;(H,2,3);1H;;;;/q;+1;;;;;;-1. The van der Waals surface area contributed by atoms with E-state index >= 15 is 0 Å². The molecule has 0 aliphatic rings. The zero-order valence-corrected chi connectivity index (χ0v) is 2.30. The summed E-state index contributed by atoms with van der Waals surface area (Å²) in [5.74, 6) is 0. The van der Waals surface area contributed by atoms with Crippen molar-refractivity contribution in [1.29, 1.82) is 0 Å². The van der Waals surface area contributed by atoms with Gasteiger partial charge in [-0.3, -0.25) is 0 Å². The van der Waals surface area contributed by atoms with E-state index in [2.05, 4.69) is 0 Å². The summed E-state index contributed by atoms with van der Waals surface area (Å²) < 4.78 is 0. The number of rotatable bonds is 0. The summed E-state index contributed by atoms with van der Waals surface area (Å²) >= 11 is 0. The molecule has 0 radical (unpaired) electrons. The van der Waals surface area contributed by atoms with Gasteiger partial charge in [-0.25, -0.2) is 0 Å². The van der Waals surface area contributed by atoms with Gasteiger partial charge in [0.2, 0.25) is 0 Å². The Morgan fingerprint density at radius 2 is 2.00 bits per heavy atom. The van der Waals surface area contributed by atoms with E-state index in [1.807, 2.05) is 0 Å². The Morgan fingerprint density at radius 1 is 2.00 bits per heavy atom. The molecule has 5 heteroatoms. The Balaban J connectivity index is -0.00000000333. The molecule has 0 aliphatic heterocycles. The molecule has 0 heterocycles. The molecule has 0 bridgehead atoms. The molecular formula is H7AlLiNO2. The molecule has 3 nitrogen and oxygen atoms in total. The molecular weight excluding hydrogens is 79.9 g/mol. The molecule has 0 saturated heterocycles. The molecule has 0 aromatic rings. The summed E-state index contributed by atoms with van der Waals surface area (Å²) in [6.07, 6.45) is 0. The molecule has 1 N–H and O–H groups in total. The number of hydrogen-bond donors (Lipinski definition) is 1. The molecule has 0 aliphatic carbocycles. The number of nitrogens with zero attached hydrogens (tertiary/aromatic N) is 1. The molecule has 28 valence electrons. The van der Waals surface area contributed by atoms with E-state index in [0.717, 1.165) is 0 Å². The van der Waals surface area contributed by atoms with Crippen LogP contribution in [-0.2, 0) is 0 Å². The van der Waals surface area contributed by atoms with E-state index in [4.69, 9.17) is 10.1 Å². The van der Waals surface area contributed by atoms with Gasteiger partial charge in [-0.05, 0) is 0 Å². The summed E-state index contributed by atoms with van der Waals surface area (Å²) in [6, 6.07) is 0. The Bertz CT molecular complexity index is 23.2. The first-order chi connectivity index (χ1) is 1.41. The van der Waals surface area contributed by atoms with Crippen LogP contribution < -0.4 is 18.9 Å². The third-order valence-corrected chi connectivity index (χ3v) is 0. The maximum Gasteiger partial charge on any atom is 1.00 e. The van der Waals surface area contributed by atoms with Gasteiger partial charge in [0.25, 0.3) is 0 Å². The fraction of sp³-hybridized carbons (Fsp3) is 0. The van der Waals surface area contributed by atoms with Crippen molar-refractivity contribution >= 4 is 17.4 Å². The van der Waals surface area contributed by atoms with Crippen molar-refractivity contribution in [3.63, 3.8) is 0 Å². The average Bonchev–Trinajstić information content (AvgIpc) is 0.918. The third-order valence-electron chi connectivity index (χ3n) is 0. The van der Waals surface area contributed by atoms with Crippen molar-refractivity contribution in [3.8, 4) is 0 Å². The van der Waals surface area contributed by atoms with Gasteiger partial charge in [0.15, 0.2) is 22.7 Å². The van der Waals surface area contributed by atoms with Crippen molar-refractivity contribution in [1.82, 2.24) is 0 Å². The monoisotopic (exact) mass is 87.0 g/mol. The van der Waals surface area contributed by atoms with Crippen LogP contribution in [0.2, 0.25) is 0 Å². The van der Waals surface area contributed by atoms with Crippen LogP contribution in [0.5, 0.6) is 0 Å². The fourth-order valence-electron chi connectivity index (χ4n) is 0. The molecule has 0 fully saturated rings. The molecule has 0 saturated carbocycles. The Labute approximate surface area is 55.0 Å². The largest absolute Gasteiger partial charge is 1.00 e. The summed E-state index contributed by atoms with van der Waals surface area (Å²) in [6.45, 7) is 0. The maximum absolute atomic E-state index is 8.11. The second-order valence-electron chi connectivity index (χ2n) is 0.0816. The van der Waals surface area contributed by atoms with Crippen LogP contribution in [0.4, 0.5) is 0 Å². The van der Waals surface area contributed by atoms with Crippen LogP contribution in [0.1, 0.15) is 2.85 Å². The summed E-state index contributed by atoms with van der Waals surface area (Å²) in [5, 5.41) is 7.89. The van der Waals surface area contributed by atoms with Gasteiger partial charge in [-0.2, -0.15) is 0 Å². The quantitative estimate of drug-likeness (QED) is 0.188. The van der Waals surface area contributed by atoms with Crippen LogP contribution in [0, 0.1) is 4.91 Å². The van der Waals surface area contributed by atoms with E-state index in [9.17, 15) is 0 Å². The van der Waals surface area contributed by atoms with Gasteiger partial charge in [0.1, 0.15) is 0 Å². The van der Waals surface area contributed by atoms with Gasteiger partial charge in [-0.1, -0.05) is 0 Å². The first-order valence-corrected chi connectivity index (χ1v) is 0.383. The summed E-state index contributed by atoms with van der Waals surface area (Å²) in [4.78, 5) is 8.11. The fourth-order valence-corrected chi connectivity index (χ4v) is 0. The van der Waals surface area contributed by atoms with Gasteiger partial charge < -0.3 is 6.63 Å². The minimum Gasteiger partial charge on any atom is -1.00 e. The van der Waals surface area contributed by atoms with Crippen molar-refractivity contribution < 1.29 is 26.9 Å². The molecule has 0 atom stereocenters.